The van der Waals surface area contributed by atoms with Crippen LogP contribution in [0.25, 0.3) is 0 Å². The summed E-state index contributed by atoms with van der Waals surface area (Å²) >= 11 is 1.94. The molecule has 2 aliphatic heterocycles. The van der Waals surface area contributed by atoms with Gasteiger partial charge in [-0.1, -0.05) is 30.3 Å². The predicted octanol–water partition coefficient (Wildman–Crippen LogP) is 2.75. The van der Waals surface area contributed by atoms with Crippen molar-refractivity contribution in [2.45, 2.75) is 44.2 Å². The molecule has 3 rings (SSSR count). The van der Waals surface area contributed by atoms with Crippen molar-refractivity contribution in [2.75, 3.05) is 18.1 Å². The highest BCUT2D eigenvalue weighted by molar-refractivity contribution is 7.99. The molecule has 23 heavy (non-hydrogen) atoms. The molecule has 0 aliphatic carbocycles. The number of benzene rings is 1. The van der Waals surface area contributed by atoms with Crippen LogP contribution in [0.3, 0.4) is 0 Å². The van der Waals surface area contributed by atoms with Gasteiger partial charge in [0.1, 0.15) is 6.04 Å². The summed E-state index contributed by atoms with van der Waals surface area (Å²) in [5, 5.41) is 3.19. The summed E-state index contributed by atoms with van der Waals surface area (Å²) in [6.07, 6.45) is 4.50. The van der Waals surface area contributed by atoms with Crippen LogP contribution in [0.5, 0.6) is 0 Å². The molecule has 4 nitrogen and oxygen atoms in total. The van der Waals surface area contributed by atoms with E-state index in [9.17, 15) is 9.59 Å². The third-order valence-electron chi connectivity index (χ3n) is 4.60. The van der Waals surface area contributed by atoms with E-state index in [0.29, 0.717) is 13.0 Å². The van der Waals surface area contributed by atoms with Crippen LogP contribution in [0.15, 0.2) is 30.3 Å². The Morgan fingerprint density at radius 2 is 1.91 bits per heavy atom. The van der Waals surface area contributed by atoms with Crippen LogP contribution in [0.1, 0.15) is 43.7 Å². The zero-order valence-electron chi connectivity index (χ0n) is 13.4. The average molecular weight is 332 g/mol. The summed E-state index contributed by atoms with van der Waals surface area (Å²) in [5.74, 6) is 2.27. The van der Waals surface area contributed by atoms with E-state index in [2.05, 4.69) is 5.32 Å². The van der Waals surface area contributed by atoms with E-state index in [-0.39, 0.29) is 17.9 Å². The fourth-order valence-corrected chi connectivity index (χ4v) is 4.44. The lowest BCUT2D eigenvalue weighted by atomic mass is 9.99. The fraction of sp³-hybridized carbons (Fsp3) is 0.556. The second-order valence-corrected chi connectivity index (χ2v) is 7.48. The molecule has 0 unspecified atom stereocenters. The first-order valence-corrected chi connectivity index (χ1v) is 9.64. The van der Waals surface area contributed by atoms with Gasteiger partial charge in [-0.25, -0.2) is 0 Å². The van der Waals surface area contributed by atoms with Crippen molar-refractivity contribution in [1.29, 1.82) is 0 Å². The van der Waals surface area contributed by atoms with Gasteiger partial charge in [0.2, 0.25) is 11.8 Å². The maximum absolute atomic E-state index is 12.9. The minimum atomic E-state index is -0.487. The molecule has 0 spiro atoms. The molecule has 2 amide bonds. The van der Waals surface area contributed by atoms with Gasteiger partial charge in [-0.05, 0) is 42.8 Å². The van der Waals surface area contributed by atoms with Gasteiger partial charge in [0, 0.05) is 19.0 Å². The third kappa shape index (κ3) is 4.08. The average Bonchev–Trinajstić information content (AvgIpc) is 2.59. The fourth-order valence-electron chi connectivity index (χ4n) is 3.33. The lowest BCUT2D eigenvalue weighted by molar-refractivity contribution is -0.143. The SMILES string of the molecule is O=C(NC1CCSCC1)[C@@H](c1ccccc1)N1CCCCC1=O. The summed E-state index contributed by atoms with van der Waals surface area (Å²) in [5.41, 5.74) is 0.908. The molecule has 124 valence electrons. The second kappa shape index (κ2) is 7.86. The number of carbonyl (C=O) groups is 2. The van der Waals surface area contributed by atoms with E-state index in [0.717, 1.165) is 42.8 Å². The van der Waals surface area contributed by atoms with E-state index < -0.39 is 6.04 Å². The first-order valence-electron chi connectivity index (χ1n) is 8.48. The zero-order chi connectivity index (χ0) is 16.1. The molecule has 0 aromatic heterocycles. The number of hydrogen-bond acceptors (Lipinski definition) is 3. The second-order valence-electron chi connectivity index (χ2n) is 6.25. The van der Waals surface area contributed by atoms with Crippen molar-refractivity contribution in [1.82, 2.24) is 10.2 Å². The van der Waals surface area contributed by atoms with Gasteiger partial charge in [-0.2, -0.15) is 11.8 Å². The van der Waals surface area contributed by atoms with E-state index in [4.69, 9.17) is 0 Å². The number of rotatable bonds is 4. The highest BCUT2D eigenvalue weighted by Crippen LogP contribution is 2.27. The van der Waals surface area contributed by atoms with Crippen LogP contribution in [0.2, 0.25) is 0 Å². The summed E-state index contributed by atoms with van der Waals surface area (Å²) in [7, 11) is 0. The first kappa shape index (κ1) is 16.4. The Bertz CT molecular complexity index is 543. The Labute approximate surface area is 142 Å². The van der Waals surface area contributed by atoms with Gasteiger partial charge in [0.05, 0.1) is 0 Å². The van der Waals surface area contributed by atoms with Crippen molar-refractivity contribution < 1.29 is 9.59 Å². The lowest BCUT2D eigenvalue weighted by Gasteiger charge is -2.35. The Morgan fingerprint density at radius 1 is 1.17 bits per heavy atom. The summed E-state index contributed by atoms with van der Waals surface area (Å²) in [6.45, 7) is 0.673. The van der Waals surface area contributed by atoms with Gasteiger partial charge in [-0.15, -0.1) is 0 Å². The Morgan fingerprint density at radius 3 is 2.61 bits per heavy atom. The number of piperidine rings is 1. The van der Waals surface area contributed by atoms with Gasteiger partial charge in [0.25, 0.3) is 0 Å². The Hall–Kier alpha value is -1.49. The minimum absolute atomic E-state index is 0.0247. The van der Waals surface area contributed by atoms with Crippen LogP contribution in [-0.4, -0.2) is 40.8 Å². The largest absolute Gasteiger partial charge is 0.351 e. The van der Waals surface area contributed by atoms with Gasteiger partial charge in [-0.3, -0.25) is 9.59 Å². The number of thioether (sulfide) groups is 1. The molecule has 1 aromatic rings. The Balaban J connectivity index is 1.79. The van der Waals surface area contributed by atoms with Crippen LogP contribution < -0.4 is 5.32 Å². The zero-order valence-corrected chi connectivity index (χ0v) is 14.2. The lowest BCUT2D eigenvalue weighted by Crippen LogP contribution is -2.48. The first-order chi connectivity index (χ1) is 11.3. The van der Waals surface area contributed by atoms with Gasteiger partial charge < -0.3 is 10.2 Å². The van der Waals surface area contributed by atoms with E-state index in [1.54, 1.807) is 4.90 Å². The summed E-state index contributed by atoms with van der Waals surface area (Å²) < 4.78 is 0. The van der Waals surface area contributed by atoms with Crippen molar-refractivity contribution >= 4 is 23.6 Å². The van der Waals surface area contributed by atoms with Crippen LogP contribution >= 0.6 is 11.8 Å². The normalized spacial score (nSPS) is 21.0. The predicted molar refractivity (Wildman–Crippen MR) is 93.2 cm³/mol. The molecule has 2 saturated heterocycles. The van der Waals surface area contributed by atoms with Crippen LogP contribution in [-0.2, 0) is 9.59 Å². The molecule has 5 heteroatoms. The highest BCUT2D eigenvalue weighted by Gasteiger charge is 2.33. The number of nitrogens with zero attached hydrogens (tertiary/aromatic N) is 1. The number of nitrogens with one attached hydrogen (secondary N) is 1. The van der Waals surface area contributed by atoms with Crippen molar-refractivity contribution in [3.05, 3.63) is 35.9 Å². The quantitative estimate of drug-likeness (QED) is 0.922. The molecule has 2 heterocycles. The van der Waals surface area contributed by atoms with Gasteiger partial charge >= 0.3 is 0 Å². The maximum atomic E-state index is 12.9. The number of likely N-dealkylation sites (tertiary alicyclic amines) is 1. The monoisotopic (exact) mass is 332 g/mol. The molecule has 1 aromatic carbocycles. The molecule has 0 saturated carbocycles. The molecule has 0 bridgehead atoms. The molecule has 2 fully saturated rings. The van der Waals surface area contributed by atoms with Crippen molar-refractivity contribution in [2.24, 2.45) is 0 Å². The van der Waals surface area contributed by atoms with E-state index in [1.165, 1.54) is 0 Å². The summed E-state index contributed by atoms with van der Waals surface area (Å²) in [4.78, 5) is 27.1. The molecule has 1 N–H and O–H groups in total. The van der Waals surface area contributed by atoms with Crippen LogP contribution in [0, 0.1) is 0 Å². The maximum Gasteiger partial charge on any atom is 0.247 e. The van der Waals surface area contributed by atoms with Gasteiger partial charge in [0.15, 0.2) is 0 Å². The number of hydrogen-bond donors (Lipinski definition) is 1. The molecule has 1 atom stereocenters. The van der Waals surface area contributed by atoms with E-state index in [1.807, 2.05) is 42.1 Å². The Kier molecular flexibility index (Phi) is 5.60. The third-order valence-corrected chi connectivity index (χ3v) is 5.65. The van der Waals surface area contributed by atoms with Crippen molar-refractivity contribution in [3.63, 3.8) is 0 Å². The minimum Gasteiger partial charge on any atom is -0.351 e. The number of carbonyl (C=O) groups excluding carboxylic acids is 2. The van der Waals surface area contributed by atoms with Crippen LogP contribution in [0.4, 0.5) is 0 Å². The molecular weight excluding hydrogens is 308 g/mol. The number of amides is 2. The highest BCUT2D eigenvalue weighted by atomic mass is 32.2. The van der Waals surface area contributed by atoms with E-state index >= 15 is 0 Å². The molecule has 2 aliphatic rings. The van der Waals surface area contributed by atoms with Crippen molar-refractivity contribution in [3.8, 4) is 0 Å². The topological polar surface area (TPSA) is 49.4 Å². The standard InChI is InChI=1S/C18H24N2O2S/c21-16-8-4-5-11-20(16)17(14-6-2-1-3-7-14)18(22)19-15-9-12-23-13-10-15/h1-3,6-7,15,17H,4-5,8-13H2,(H,19,22)/t17-/m1/s1. The molecule has 0 radical (unpaired) electrons. The summed E-state index contributed by atoms with van der Waals surface area (Å²) in [6, 6.07) is 9.46. The molecular formula is C18H24N2O2S. The smallest absolute Gasteiger partial charge is 0.247 e.